The van der Waals surface area contributed by atoms with Crippen molar-refractivity contribution < 1.29 is 19.8 Å². The van der Waals surface area contributed by atoms with Crippen LogP contribution < -0.4 is 10.6 Å². The Morgan fingerprint density at radius 2 is 1.36 bits per heavy atom. The van der Waals surface area contributed by atoms with E-state index in [1.165, 1.54) is 22.7 Å². The number of hydrogen-bond donors (Lipinski definition) is 4. The highest BCUT2D eigenvalue weighted by Crippen LogP contribution is 2.33. The van der Waals surface area contributed by atoms with Gasteiger partial charge in [0.25, 0.3) is 0 Å². The maximum absolute atomic E-state index is 10.5. The highest BCUT2D eigenvalue weighted by Gasteiger charge is 2.10. The first-order valence-corrected chi connectivity index (χ1v) is 7.77. The van der Waals surface area contributed by atoms with Crippen LogP contribution in [0.1, 0.15) is 0 Å². The van der Waals surface area contributed by atoms with Gasteiger partial charge in [-0.25, -0.2) is 9.97 Å². The summed E-state index contributed by atoms with van der Waals surface area (Å²) in [6, 6.07) is 3.72. The van der Waals surface area contributed by atoms with Crippen LogP contribution in [0.25, 0.3) is 20.4 Å². The molecule has 10 heteroatoms. The highest BCUT2D eigenvalue weighted by molar-refractivity contribution is 7.24. The summed E-state index contributed by atoms with van der Waals surface area (Å²) in [6.07, 6.45) is 0. The lowest BCUT2D eigenvalue weighted by Gasteiger charge is -1.94. The topological polar surface area (TPSA) is 124 Å². The SMILES string of the molecule is O=C(O)CNc1nc2cc3nc(NCC(=O)O)sc3cc2s1. The summed E-state index contributed by atoms with van der Waals surface area (Å²) < 4.78 is 1.82. The predicted molar refractivity (Wildman–Crippen MR) is 85.0 cm³/mol. The first-order valence-electron chi connectivity index (χ1n) is 6.14. The molecular formula is C12H10N4O4S2. The molecule has 4 N–H and O–H groups in total. The normalized spacial score (nSPS) is 10.9. The number of carboxylic acid groups (broad SMARTS) is 2. The van der Waals surface area contributed by atoms with Crippen LogP contribution in [-0.4, -0.2) is 45.2 Å². The van der Waals surface area contributed by atoms with E-state index in [9.17, 15) is 9.59 Å². The maximum Gasteiger partial charge on any atom is 0.322 e. The van der Waals surface area contributed by atoms with Gasteiger partial charge in [-0.05, 0) is 12.1 Å². The van der Waals surface area contributed by atoms with E-state index in [0.29, 0.717) is 10.3 Å². The van der Waals surface area contributed by atoms with Gasteiger partial charge in [0, 0.05) is 0 Å². The second-order valence-electron chi connectivity index (χ2n) is 4.32. The summed E-state index contributed by atoms with van der Waals surface area (Å²) in [5, 5.41) is 23.9. The number of hydrogen-bond acceptors (Lipinski definition) is 8. The fraction of sp³-hybridized carbons (Fsp3) is 0.167. The molecule has 0 spiro atoms. The van der Waals surface area contributed by atoms with Crippen LogP contribution in [0.15, 0.2) is 12.1 Å². The van der Waals surface area contributed by atoms with E-state index in [-0.39, 0.29) is 13.1 Å². The van der Waals surface area contributed by atoms with Gasteiger partial charge in [-0.1, -0.05) is 22.7 Å². The van der Waals surface area contributed by atoms with Crippen molar-refractivity contribution in [1.29, 1.82) is 0 Å². The molecule has 114 valence electrons. The maximum atomic E-state index is 10.5. The van der Waals surface area contributed by atoms with Gasteiger partial charge in [-0.2, -0.15) is 0 Å². The van der Waals surface area contributed by atoms with Crippen LogP contribution in [0.2, 0.25) is 0 Å². The lowest BCUT2D eigenvalue weighted by Crippen LogP contribution is -2.11. The zero-order chi connectivity index (χ0) is 15.7. The Balaban J connectivity index is 1.88. The van der Waals surface area contributed by atoms with Gasteiger partial charge in [0.1, 0.15) is 13.1 Å². The molecule has 0 unspecified atom stereocenters. The Bertz CT molecular complexity index is 754. The molecule has 2 heterocycles. The molecule has 0 bridgehead atoms. The molecule has 0 radical (unpaired) electrons. The molecule has 0 atom stereocenters. The number of aromatic nitrogens is 2. The second kappa shape index (κ2) is 5.73. The average molecular weight is 338 g/mol. The molecule has 8 nitrogen and oxygen atoms in total. The predicted octanol–water partition coefficient (Wildman–Crippen LogP) is 1.90. The van der Waals surface area contributed by atoms with Gasteiger partial charge in [0.15, 0.2) is 10.3 Å². The summed E-state index contributed by atoms with van der Waals surface area (Å²) in [7, 11) is 0. The first-order chi connectivity index (χ1) is 10.5. The van der Waals surface area contributed by atoms with Gasteiger partial charge >= 0.3 is 11.9 Å². The van der Waals surface area contributed by atoms with Crippen molar-refractivity contribution in [3.63, 3.8) is 0 Å². The number of rotatable bonds is 6. The summed E-state index contributed by atoms with van der Waals surface area (Å²) in [6.45, 7) is -0.370. The van der Waals surface area contributed by atoms with E-state index in [1.54, 1.807) is 6.07 Å². The number of benzene rings is 1. The smallest absolute Gasteiger partial charge is 0.322 e. The Labute approximate surface area is 131 Å². The molecule has 0 aliphatic carbocycles. The monoisotopic (exact) mass is 338 g/mol. The lowest BCUT2D eigenvalue weighted by atomic mass is 10.3. The third-order valence-electron chi connectivity index (χ3n) is 2.68. The largest absolute Gasteiger partial charge is 0.480 e. The molecule has 1 aromatic carbocycles. The summed E-state index contributed by atoms with van der Waals surface area (Å²) in [5.74, 6) is -1.90. The number of carboxylic acids is 2. The van der Waals surface area contributed by atoms with Crippen molar-refractivity contribution in [2.75, 3.05) is 23.7 Å². The standard InChI is InChI=1S/C12H10N4O4S2/c17-9(18)3-13-11-15-5-1-6-8(2-7(5)21-11)22-12(16-6)14-4-10(19)20/h1-2H,3-4H2,(H,13,15)(H,14,16)(H,17,18)(H,19,20). The molecule has 3 aromatic rings. The zero-order valence-electron chi connectivity index (χ0n) is 11.0. The van der Waals surface area contributed by atoms with E-state index in [2.05, 4.69) is 20.6 Å². The van der Waals surface area contributed by atoms with Gasteiger partial charge in [0.2, 0.25) is 0 Å². The van der Waals surface area contributed by atoms with E-state index >= 15 is 0 Å². The van der Waals surface area contributed by atoms with Crippen molar-refractivity contribution in [2.45, 2.75) is 0 Å². The molecule has 3 rings (SSSR count). The molecule has 2 aromatic heterocycles. The van der Waals surface area contributed by atoms with Crippen molar-refractivity contribution in [3.05, 3.63) is 12.1 Å². The van der Waals surface area contributed by atoms with Crippen LogP contribution >= 0.6 is 22.7 Å². The molecule has 0 amide bonds. The fourth-order valence-corrected chi connectivity index (χ4v) is 3.64. The quantitative estimate of drug-likeness (QED) is 0.537. The van der Waals surface area contributed by atoms with Gasteiger partial charge in [0.05, 0.1) is 20.4 Å². The average Bonchev–Trinajstić information content (AvgIpc) is 3.02. The molecule has 22 heavy (non-hydrogen) atoms. The van der Waals surface area contributed by atoms with Crippen LogP contribution in [0.5, 0.6) is 0 Å². The van der Waals surface area contributed by atoms with Gasteiger partial charge < -0.3 is 20.8 Å². The third kappa shape index (κ3) is 3.07. The second-order valence-corrected chi connectivity index (χ2v) is 6.38. The van der Waals surface area contributed by atoms with Gasteiger partial charge in [-0.15, -0.1) is 0 Å². The van der Waals surface area contributed by atoms with E-state index < -0.39 is 11.9 Å². The minimum Gasteiger partial charge on any atom is -0.480 e. The summed E-state index contributed by atoms with van der Waals surface area (Å²) in [5.41, 5.74) is 1.45. The van der Waals surface area contributed by atoms with Crippen LogP contribution in [0, 0.1) is 0 Å². The molecule has 0 aliphatic rings. The Morgan fingerprint density at radius 1 is 0.909 bits per heavy atom. The van der Waals surface area contributed by atoms with Crippen molar-refractivity contribution in [3.8, 4) is 0 Å². The number of nitrogens with zero attached hydrogens (tertiary/aromatic N) is 2. The van der Waals surface area contributed by atoms with E-state index in [0.717, 1.165) is 20.4 Å². The summed E-state index contributed by atoms with van der Waals surface area (Å²) in [4.78, 5) is 29.7. The van der Waals surface area contributed by atoms with Crippen LogP contribution in [-0.2, 0) is 9.59 Å². The molecule has 0 saturated heterocycles. The summed E-state index contributed by atoms with van der Waals surface area (Å²) >= 11 is 2.72. The highest BCUT2D eigenvalue weighted by atomic mass is 32.1. The Hall–Kier alpha value is -2.46. The number of anilines is 2. The van der Waals surface area contributed by atoms with E-state index in [1.807, 2.05) is 6.07 Å². The molecular weight excluding hydrogens is 328 g/mol. The third-order valence-corrected chi connectivity index (χ3v) is 4.63. The lowest BCUT2D eigenvalue weighted by molar-refractivity contribution is -0.135. The minimum atomic E-state index is -0.948. The minimum absolute atomic E-state index is 0.185. The number of fused-ring (bicyclic) bond motifs is 2. The van der Waals surface area contributed by atoms with Crippen LogP contribution in [0.3, 0.4) is 0 Å². The zero-order valence-corrected chi connectivity index (χ0v) is 12.6. The first kappa shape index (κ1) is 14.5. The van der Waals surface area contributed by atoms with Gasteiger partial charge in [-0.3, -0.25) is 9.59 Å². The van der Waals surface area contributed by atoms with Crippen LogP contribution in [0.4, 0.5) is 10.3 Å². The fourth-order valence-electron chi connectivity index (χ4n) is 1.80. The number of thiazole rings is 2. The van der Waals surface area contributed by atoms with Crippen molar-refractivity contribution in [1.82, 2.24) is 9.97 Å². The van der Waals surface area contributed by atoms with Crippen molar-refractivity contribution >= 4 is 65.3 Å². The Morgan fingerprint density at radius 3 is 1.77 bits per heavy atom. The van der Waals surface area contributed by atoms with E-state index in [4.69, 9.17) is 10.2 Å². The number of carbonyl (C=O) groups is 2. The Kier molecular flexibility index (Phi) is 3.77. The van der Waals surface area contributed by atoms with Crippen molar-refractivity contribution in [2.24, 2.45) is 0 Å². The molecule has 0 fully saturated rings. The number of nitrogens with one attached hydrogen (secondary N) is 2. The molecule has 0 saturated carbocycles. The number of aliphatic carboxylic acids is 2. The molecule has 0 aliphatic heterocycles.